The molecule has 0 radical (unpaired) electrons. The minimum Gasteiger partial charge on any atom is -0.324 e. The first-order chi connectivity index (χ1) is 8.49. The number of benzene rings is 1. The molecule has 0 aliphatic heterocycles. The van der Waals surface area contributed by atoms with Crippen LogP contribution in [0.15, 0.2) is 17.5 Å². The number of hydrogen-bond acceptors (Lipinski definition) is 3. The molecule has 2 nitrogen and oxygen atoms in total. The van der Waals surface area contributed by atoms with Crippen LogP contribution in [0.4, 0.5) is 13.2 Å². The van der Waals surface area contributed by atoms with Crippen molar-refractivity contribution in [2.24, 2.45) is 5.73 Å². The normalized spacial score (nSPS) is 12.7. The molecule has 0 aliphatic rings. The maximum Gasteiger partial charge on any atom is 0.194 e. The van der Waals surface area contributed by atoms with Crippen molar-refractivity contribution in [3.8, 4) is 0 Å². The van der Waals surface area contributed by atoms with Gasteiger partial charge in [0.1, 0.15) is 0 Å². The van der Waals surface area contributed by atoms with E-state index in [1.807, 2.05) is 12.3 Å². The molecule has 0 fully saturated rings. The summed E-state index contributed by atoms with van der Waals surface area (Å²) in [7, 11) is 0. The molecule has 2 N–H and O–H groups in total. The quantitative estimate of drug-likeness (QED) is 0.872. The van der Waals surface area contributed by atoms with Gasteiger partial charge in [0, 0.05) is 23.4 Å². The van der Waals surface area contributed by atoms with E-state index in [1.54, 1.807) is 0 Å². The summed E-state index contributed by atoms with van der Waals surface area (Å²) in [6, 6.07) is 1.29. The Balaban J connectivity index is 2.24. The van der Waals surface area contributed by atoms with E-state index in [2.05, 4.69) is 4.98 Å². The molecular weight excluding hydrogens is 261 g/mol. The Morgan fingerprint density at radius 1 is 1.28 bits per heavy atom. The molecule has 0 aliphatic carbocycles. The van der Waals surface area contributed by atoms with Gasteiger partial charge in [-0.25, -0.2) is 18.2 Å². The molecule has 2 rings (SSSR count). The molecule has 1 atom stereocenters. The number of hydrogen-bond donors (Lipinski definition) is 1. The lowest BCUT2D eigenvalue weighted by atomic mass is 10.0. The highest BCUT2D eigenvalue weighted by molar-refractivity contribution is 7.09. The van der Waals surface area contributed by atoms with Crippen molar-refractivity contribution in [1.82, 2.24) is 4.98 Å². The number of nitrogens with zero attached hydrogens (tertiary/aromatic N) is 1. The lowest BCUT2D eigenvalue weighted by Crippen LogP contribution is -2.16. The second kappa shape index (κ2) is 5.07. The van der Waals surface area contributed by atoms with Crippen LogP contribution in [0.2, 0.25) is 0 Å². The molecule has 96 valence electrons. The molecule has 0 saturated carbocycles. The third-order valence-electron chi connectivity index (χ3n) is 2.56. The van der Waals surface area contributed by atoms with Crippen LogP contribution in [0.25, 0.3) is 0 Å². The molecule has 0 spiro atoms. The summed E-state index contributed by atoms with van der Waals surface area (Å²) in [4.78, 5) is 4.19. The van der Waals surface area contributed by atoms with E-state index in [9.17, 15) is 13.2 Å². The van der Waals surface area contributed by atoms with Gasteiger partial charge in [0.15, 0.2) is 17.5 Å². The Kier molecular flexibility index (Phi) is 3.68. The van der Waals surface area contributed by atoms with Gasteiger partial charge in [-0.1, -0.05) is 6.07 Å². The third kappa shape index (κ3) is 2.54. The predicted molar refractivity (Wildman–Crippen MR) is 63.8 cm³/mol. The van der Waals surface area contributed by atoms with Crippen molar-refractivity contribution >= 4 is 11.3 Å². The second-order valence-corrected chi connectivity index (χ2v) is 5.00. The number of rotatable bonds is 3. The fourth-order valence-corrected chi connectivity index (χ4v) is 2.29. The monoisotopic (exact) mass is 272 g/mol. The van der Waals surface area contributed by atoms with E-state index in [0.29, 0.717) is 5.69 Å². The number of aromatic nitrogens is 1. The van der Waals surface area contributed by atoms with E-state index in [4.69, 9.17) is 5.73 Å². The first-order valence-corrected chi connectivity index (χ1v) is 6.17. The van der Waals surface area contributed by atoms with Gasteiger partial charge in [-0.05, 0) is 13.0 Å². The molecule has 18 heavy (non-hydrogen) atoms. The summed E-state index contributed by atoms with van der Waals surface area (Å²) in [6.45, 7) is 1.85. The van der Waals surface area contributed by atoms with Gasteiger partial charge in [-0.3, -0.25) is 0 Å². The van der Waals surface area contributed by atoms with Crippen molar-refractivity contribution in [3.63, 3.8) is 0 Å². The van der Waals surface area contributed by atoms with Crippen LogP contribution in [0, 0.1) is 24.4 Å². The van der Waals surface area contributed by atoms with Crippen LogP contribution in [0.1, 0.15) is 22.3 Å². The van der Waals surface area contributed by atoms with E-state index in [1.165, 1.54) is 11.3 Å². The van der Waals surface area contributed by atoms with Gasteiger partial charge in [-0.15, -0.1) is 11.3 Å². The van der Waals surface area contributed by atoms with Gasteiger partial charge in [0.05, 0.1) is 10.7 Å². The average Bonchev–Trinajstić information content (AvgIpc) is 2.71. The van der Waals surface area contributed by atoms with E-state index in [-0.39, 0.29) is 12.0 Å². The second-order valence-electron chi connectivity index (χ2n) is 3.93. The highest BCUT2D eigenvalue weighted by Gasteiger charge is 2.19. The zero-order chi connectivity index (χ0) is 13.3. The maximum absolute atomic E-state index is 13.5. The summed E-state index contributed by atoms with van der Waals surface area (Å²) in [5, 5.41) is 2.69. The fourth-order valence-electron chi connectivity index (χ4n) is 1.66. The zero-order valence-corrected chi connectivity index (χ0v) is 10.4. The first kappa shape index (κ1) is 13.0. The number of thiazole rings is 1. The minimum absolute atomic E-state index is 0.0421. The van der Waals surface area contributed by atoms with E-state index in [0.717, 1.165) is 17.1 Å². The number of halogens is 3. The minimum atomic E-state index is -1.49. The molecule has 1 heterocycles. The average molecular weight is 272 g/mol. The van der Waals surface area contributed by atoms with Gasteiger partial charge in [-0.2, -0.15) is 0 Å². The SMILES string of the molecule is Cc1nc(CC(N)c2ccc(F)c(F)c2F)cs1. The van der Waals surface area contributed by atoms with Crippen molar-refractivity contribution in [1.29, 1.82) is 0 Å². The summed E-state index contributed by atoms with van der Waals surface area (Å²) in [6.07, 6.45) is 0.284. The van der Waals surface area contributed by atoms with Crippen LogP contribution in [0.5, 0.6) is 0 Å². The molecule has 0 saturated heterocycles. The lowest BCUT2D eigenvalue weighted by molar-refractivity contribution is 0.435. The Labute approximate surface area is 106 Å². The number of aryl methyl sites for hydroxylation is 1. The Hall–Kier alpha value is -1.40. The molecule has 1 aromatic carbocycles. The van der Waals surface area contributed by atoms with Gasteiger partial charge >= 0.3 is 0 Å². The lowest BCUT2D eigenvalue weighted by Gasteiger charge is -2.12. The molecule has 6 heteroatoms. The zero-order valence-electron chi connectivity index (χ0n) is 9.58. The molecule has 0 amide bonds. The first-order valence-electron chi connectivity index (χ1n) is 5.29. The smallest absolute Gasteiger partial charge is 0.194 e. The van der Waals surface area contributed by atoms with Crippen LogP contribution < -0.4 is 5.73 Å². The fraction of sp³-hybridized carbons (Fsp3) is 0.250. The third-order valence-corrected chi connectivity index (χ3v) is 3.38. The molecule has 2 aromatic rings. The molecule has 1 aromatic heterocycles. The highest BCUT2D eigenvalue weighted by atomic mass is 32.1. The standard InChI is InChI=1S/C12H11F3N2S/c1-6-17-7(5-18-6)4-10(16)8-2-3-9(13)12(15)11(8)14/h2-3,5,10H,4,16H2,1H3. The largest absolute Gasteiger partial charge is 0.324 e. The van der Waals surface area contributed by atoms with Crippen LogP contribution in [-0.2, 0) is 6.42 Å². The topological polar surface area (TPSA) is 38.9 Å². The van der Waals surface area contributed by atoms with Crippen molar-refractivity contribution in [2.45, 2.75) is 19.4 Å². The van der Waals surface area contributed by atoms with Crippen molar-refractivity contribution in [3.05, 3.63) is 51.2 Å². The van der Waals surface area contributed by atoms with Crippen molar-refractivity contribution < 1.29 is 13.2 Å². The summed E-state index contributed by atoms with van der Waals surface area (Å²) in [5.74, 6) is -3.93. The Morgan fingerprint density at radius 3 is 2.61 bits per heavy atom. The Morgan fingerprint density at radius 2 is 2.00 bits per heavy atom. The van der Waals surface area contributed by atoms with Crippen LogP contribution >= 0.6 is 11.3 Å². The summed E-state index contributed by atoms with van der Waals surface area (Å²) >= 11 is 1.46. The van der Waals surface area contributed by atoms with E-state index >= 15 is 0 Å². The summed E-state index contributed by atoms with van der Waals surface area (Å²) in [5.41, 5.74) is 6.47. The number of nitrogens with two attached hydrogens (primary N) is 1. The molecule has 1 unspecified atom stereocenters. The predicted octanol–water partition coefficient (Wildman–Crippen LogP) is 3.11. The van der Waals surface area contributed by atoms with Gasteiger partial charge in [0.2, 0.25) is 0 Å². The highest BCUT2D eigenvalue weighted by Crippen LogP contribution is 2.23. The Bertz CT molecular complexity index is 568. The maximum atomic E-state index is 13.5. The van der Waals surface area contributed by atoms with Gasteiger partial charge in [0.25, 0.3) is 0 Å². The van der Waals surface area contributed by atoms with Crippen LogP contribution in [0.3, 0.4) is 0 Å². The van der Waals surface area contributed by atoms with Crippen LogP contribution in [-0.4, -0.2) is 4.98 Å². The van der Waals surface area contributed by atoms with Crippen molar-refractivity contribution in [2.75, 3.05) is 0 Å². The molecule has 0 bridgehead atoms. The van der Waals surface area contributed by atoms with Gasteiger partial charge < -0.3 is 5.73 Å². The van der Waals surface area contributed by atoms with E-state index < -0.39 is 23.5 Å². The molecular formula is C12H11F3N2S. The summed E-state index contributed by atoms with van der Waals surface area (Å²) < 4.78 is 39.4.